The van der Waals surface area contributed by atoms with Gasteiger partial charge in [0.05, 0.1) is 24.5 Å². The number of aromatic nitrogens is 2. The predicted octanol–water partition coefficient (Wildman–Crippen LogP) is 2.23. The topological polar surface area (TPSA) is 103 Å². The summed E-state index contributed by atoms with van der Waals surface area (Å²) in [6, 6.07) is 3.02. The van der Waals surface area contributed by atoms with Gasteiger partial charge in [-0.05, 0) is 32.9 Å². The highest BCUT2D eigenvalue weighted by molar-refractivity contribution is 5.88. The molecule has 1 atom stereocenters. The summed E-state index contributed by atoms with van der Waals surface area (Å²) in [4.78, 5) is 15.7. The summed E-state index contributed by atoms with van der Waals surface area (Å²) in [6.07, 6.45) is 0. The fourth-order valence-electron chi connectivity index (χ4n) is 2.19. The zero-order valence-electron chi connectivity index (χ0n) is 12.4. The first-order valence-corrected chi connectivity index (χ1v) is 6.48. The van der Waals surface area contributed by atoms with Gasteiger partial charge in [-0.1, -0.05) is 5.16 Å². The minimum atomic E-state index is -0.511. The van der Waals surface area contributed by atoms with Gasteiger partial charge in [-0.2, -0.15) is 0 Å². The number of rotatable bonds is 4. The van der Waals surface area contributed by atoms with Crippen LogP contribution in [0.15, 0.2) is 16.7 Å². The summed E-state index contributed by atoms with van der Waals surface area (Å²) in [7, 11) is 1.31. The third-order valence-corrected chi connectivity index (χ3v) is 3.20. The Kier molecular flexibility index (Phi) is 4.11. The lowest BCUT2D eigenvalue weighted by Gasteiger charge is -2.16. The number of aryl methyl sites for hydroxylation is 2. The van der Waals surface area contributed by atoms with Crippen molar-refractivity contribution in [2.24, 2.45) is 0 Å². The molecule has 0 aliphatic carbocycles. The summed E-state index contributed by atoms with van der Waals surface area (Å²) < 4.78 is 9.80. The van der Waals surface area contributed by atoms with Gasteiger partial charge in [-0.15, -0.1) is 0 Å². The van der Waals surface area contributed by atoms with Crippen LogP contribution in [0.3, 0.4) is 0 Å². The number of ether oxygens (including phenoxy) is 1. The van der Waals surface area contributed by atoms with E-state index in [1.165, 1.54) is 13.2 Å². The molecule has 0 spiro atoms. The van der Waals surface area contributed by atoms with E-state index in [2.05, 4.69) is 20.2 Å². The van der Waals surface area contributed by atoms with Crippen LogP contribution in [0, 0.1) is 13.8 Å². The number of pyridine rings is 1. The Morgan fingerprint density at radius 1 is 1.43 bits per heavy atom. The third-order valence-electron chi connectivity index (χ3n) is 3.20. The molecule has 2 aromatic heterocycles. The van der Waals surface area contributed by atoms with Gasteiger partial charge in [0, 0.05) is 5.56 Å². The average Bonchev–Trinajstić information content (AvgIpc) is 2.79. The quantitative estimate of drug-likeness (QED) is 0.832. The monoisotopic (exact) mass is 290 g/mol. The van der Waals surface area contributed by atoms with Crippen LogP contribution >= 0.6 is 0 Å². The maximum absolute atomic E-state index is 11.5. The lowest BCUT2D eigenvalue weighted by Crippen LogP contribution is -2.13. The Balaban J connectivity index is 2.29. The first-order chi connectivity index (χ1) is 9.93. The molecule has 7 nitrogen and oxygen atoms in total. The van der Waals surface area contributed by atoms with E-state index in [0.29, 0.717) is 11.5 Å². The van der Waals surface area contributed by atoms with E-state index >= 15 is 0 Å². The van der Waals surface area contributed by atoms with Crippen LogP contribution in [0.4, 0.5) is 11.5 Å². The molecule has 3 N–H and O–H groups in total. The Labute approximate surface area is 122 Å². The highest BCUT2D eigenvalue weighted by Crippen LogP contribution is 2.26. The van der Waals surface area contributed by atoms with E-state index in [1.54, 1.807) is 6.07 Å². The number of carbonyl (C=O) groups excluding carboxylic acids is 1. The number of nitrogens with zero attached hydrogens (tertiary/aromatic N) is 2. The number of nitrogens with one attached hydrogen (secondary N) is 1. The van der Waals surface area contributed by atoms with Crippen molar-refractivity contribution in [2.75, 3.05) is 18.2 Å². The second-order valence-corrected chi connectivity index (χ2v) is 4.73. The molecule has 0 saturated carbocycles. The molecule has 7 heteroatoms. The summed E-state index contributed by atoms with van der Waals surface area (Å²) in [5.74, 6) is 0.642. The summed E-state index contributed by atoms with van der Waals surface area (Å²) in [5, 5.41) is 7.09. The van der Waals surface area contributed by atoms with Crippen molar-refractivity contribution in [1.82, 2.24) is 10.1 Å². The first-order valence-electron chi connectivity index (χ1n) is 6.48. The Bertz CT molecular complexity index is 647. The van der Waals surface area contributed by atoms with E-state index in [4.69, 9.17) is 10.3 Å². The van der Waals surface area contributed by atoms with Gasteiger partial charge in [0.15, 0.2) is 11.5 Å². The van der Waals surface area contributed by atoms with Crippen molar-refractivity contribution in [3.05, 3.63) is 34.8 Å². The predicted molar refractivity (Wildman–Crippen MR) is 78.0 cm³/mol. The van der Waals surface area contributed by atoms with Gasteiger partial charge in [-0.3, -0.25) is 0 Å². The van der Waals surface area contributed by atoms with Crippen LogP contribution in [0.25, 0.3) is 0 Å². The molecule has 0 amide bonds. The number of esters is 1. The number of nitrogen functional groups attached to an aromatic ring is 1. The molecule has 0 aliphatic rings. The second-order valence-electron chi connectivity index (χ2n) is 4.73. The maximum atomic E-state index is 11.5. The number of hydrogen-bond donors (Lipinski definition) is 2. The molecule has 0 aromatic carbocycles. The SMILES string of the molecule is COC(=O)c1ccc(N)c(NC(C)c2c(C)noc2C)n1. The van der Waals surface area contributed by atoms with Gasteiger partial charge >= 0.3 is 5.97 Å². The normalized spacial score (nSPS) is 12.0. The number of nitrogens with two attached hydrogens (primary N) is 1. The number of anilines is 2. The molecule has 112 valence electrons. The molecule has 2 heterocycles. The zero-order valence-corrected chi connectivity index (χ0v) is 12.4. The van der Waals surface area contributed by atoms with Crippen LogP contribution in [-0.4, -0.2) is 23.2 Å². The van der Waals surface area contributed by atoms with Crippen LogP contribution in [0.2, 0.25) is 0 Å². The van der Waals surface area contributed by atoms with E-state index in [-0.39, 0.29) is 11.7 Å². The van der Waals surface area contributed by atoms with Gasteiger partial charge in [-0.25, -0.2) is 9.78 Å². The Morgan fingerprint density at radius 3 is 2.71 bits per heavy atom. The van der Waals surface area contributed by atoms with Crippen molar-refractivity contribution in [1.29, 1.82) is 0 Å². The molecule has 2 rings (SSSR count). The molecule has 21 heavy (non-hydrogen) atoms. The van der Waals surface area contributed by atoms with E-state index in [9.17, 15) is 4.79 Å². The summed E-state index contributed by atoms with van der Waals surface area (Å²) >= 11 is 0. The van der Waals surface area contributed by atoms with E-state index in [1.807, 2.05) is 20.8 Å². The molecule has 0 radical (unpaired) electrons. The van der Waals surface area contributed by atoms with Crippen molar-refractivity contribution in [3.8, 4) is 0 Å². The lowest BCUT2D eigenvalue weighted by atomic mass is 10.1. The summed E-state index contributed by atoms with van der Waals surface area (Å²) in [5.41, 5.74) is 8.28. The smallest absolute Gasteiger partial charge is 0.356 e. The largest absolute Gasteiger partial charge is 0.464 e. The molecule has 0 saturated heterocycles. The minimum Gasteiger partial charge on any atom is -0.464 e. The molecule has 0 aliphatic heterocycles. The van der Waals surface area contributed by atoms with Gasteiger partial charge in [0.25, 0.3) is 0 Å². The minimum absolute atomic E-state index is 0.112. The fourth-order valence-corrected chi connectivity index (χ4v) is 2.19. The number of methoxy groups -OCH3 is 1. The van der Waals surface area contributed by atoms with Crippen LogP contribution in [0.5, 0.6) is 0 Å². The van der Waals surface area contributed by atoms with Gasteiger partial charge in [0.1, 0.15) is 5.76 Å². The molecule has 2 aromatic rings. The van der Waals surface area contributed by atoms with Crippen molar-refractivity contribution < 1.29 is 14.1 Å². The van der Waals surface area contributed by atoms with E-state index in [0.717, 1.165) is 17.0 Å². The number of carbonyl (C=O) groups is 1. The van der Waals surface area contributed by atoms with Crippen molar-refractivity contribution in [2.45, 2.75) is 26.8 Å². The van der Waals surface area contributed by atoms with Crippen LogP contribution in [0.1, 0.15) is 40.5 Å². The molecule has 0 fully saturated rings. The van der Waals surface area contributed by atoms with Crippen LogP contribution < -0.4 is 11.1 Å². The third kappa shape index (κ3) is 2.96. The molecule has 1 unspecified atom stereocenters. The molecular weight excluding hydrogens is 272 g/mol. The number of hydrogen-bond acceptors (Lipinski definition) is 7. The molecule has 0 bridgehead atoms. The average molecular weight is 290 g/mol. The Hall–Kier alpha value is -2.57. The van der Waals surface area contributed by atoms with E-state index < -0.39 is 5.97 Å². The van der Waals surface area contributed by atoms with Crippen molar-refractivity contribution in [3.63, 3.8) is 0 Å². The summed E-state index contributed by atoms with van der Waals surface area (Å²) in [6.45, 7) is 5.65. The highest BCUT2D eigenvalue weighted by atomic mass is 16.5. The maximum Gasteiger partial charge on any atom is 0.356 e. The highest BCUT2D eigenvalue weighted by Gasteiger charge is 2.18. The van der Waals surface area contributed by atoms with Crippen molar-refractivity contribution >= 4 is 17.5 Å². The molecular formula is C14H18N4O3. The van der Waals surface area contributed by atoms with Gasteiger partial charge < -0.3 is 20.3 Å². The van der Waals surface area contributed by atoms with Crippen LogP contribution in [-0.2, 0) is 4.74 Å². The second kappa shape index (κ2) is 5.82. The zero-order chi connectivity index (χ0) is 15.6. The lowest BCUT2D eigenvalue weighted by molar-refractivity contribution is 0.0594. The first kappa shape index (κ1) is 14.8. The fraction of sp³-hybridized carbons (Fsp3) is 0.357. The standard InChI is InChI=1S/C14H18N4O3/c1-7(12-8(2)18-21-9(12)3)16-13-10(15)5-6-11(17-13)14(19)20-4/h5-7H,15H2,1-4H3,(H,16,17). The van der Waals surface area contributed by atoms with Gasteiger partial charge in [0.2, 0.25) is 0 Å². The Morgan fingerprint density at radius 2 is 2.14 bits per heavy atom.